The third-order valence-corrected chi connectivity index (χ3v) is 2.54. The van der Waals surface area contributed by atoms with E-state index in [-0.39, 0.29) is 11.9 Å². The van der Waals surface area contributed by atoms with Crippen LogP contribution in [-0.2, 0) is 4.74 Å². The van der Waals surface area contributed by atoms with Crippen molar-refractivity contribution in [3.05, 3.63) is 42.2 Å². The van der Waals surface area contributed by atoms with Gasteiger partial charge in [-0.15, -0.1) is 0 Å². The Balaban J connectivity index is 1.88. The van der Waals surface area contributed by atoms with E-state index in [1.165, 1.54) is 18.2 Å². The van der Waals surface area contributed by atoms with Gasteiger partial charge in [-0.25, -0.2) is 9.18 Å². The molecule has 1 atom stereocenters. The zero-order valence-electron chi connectivity index (χ0n) is 9.36. The van der Waals surface area contributed by atoms with E-state index in [2.05, 4.69) is 5.32 Å². The van der Waals surface area contributed by atoms with Crippen LogP contribution in [0.3, 0.4) is 0 Å². The Kier molecular flexibility index (Phi) is 3.75. The van der Waals surface area contributed by atoms with Gasteiger partial charge in [0.15, 0.2) is 0 Å². The molecule has 0 fully saturated rings. The molecule has 90 valence electrons. The van der Waals surface area contributed by atoms with Gasteiger partial charge >= 0.3 is 6.09 Å². The maximum atomic E-state index is 12.9. The first kappa shape index (κ1) is 11.6. The van der Waals surface area contributed by atoms with Crippen LogP contribution < -0.4 is 5.32 Å². The van der Waals surface area contributed by atoms with Crippen molar-refractivity contribution in [3.8, 4) is 0 Å². The highest BCUT2D eigenvalue weighted by molar-refractivity contribution is 5.84. The Labute approximate surface area is 99.3 Å². The second-order valence-electron chi connectivity index (χ2n) is 3.94. The molecule has 0 aromatic heterocycles. The van der Waals surface area contributed by atoms with Crippen molar-refractivity contribution in [2.24, 2.45) is 0 Å². The van der Waals surface area contributed by atoms with E-state index >= 15 is 0 Å². The van der Waals surface area contributed by atoms with Crippen LogP contribution in [0.25, 0.3) is 0 Å². The molecule has 4 heteroatoms. The fourth-order valence-corrected chi connectivity index (χ4v) is 1.73. The van der Waals surface area contributed by atoms with E-state index in [1.807, 2.05) is 12.2 Å². The van der Waals surface area contributed by atoms with Gasteiger partial charge in [0.05, 0.1) is 0 Å². The molecular formula is C13H14FNO2. The molecule has 0 saturated heterocycles. The summed E-state index contributed by atoms with van der Waals surface area (Å²) >= 11 is 0. The van der Waals surface area contributed by atoms with Crippen molar-refractivity contribution in [1.29, 1.82) is 0 Å². The van der Waals surface area contributed by atoms with Gasteiger partial charge in [0.25, 0.3) is 0 Å². The van der Waals surface area contributed by atoms with E-state index in [0.29, 0.717) is 5.69 Å². The molecule has 0 bridgehead atoms. The second-order valence-corrected chi connectivity index (χ2v) is 3.94. The largest absolute Gasteiger partial charge is 0.442 e. The van der Waals surface area contributed by atoms with Crippen LogP contribution in [0.2, 0.25) is 0 Å². The lowest BCUT2D eigenvalue weighted by molar-refractivity contribution is 0.126. The van der Waals surface area contributed by atoms with Crippen LogP contribution in [0.4, 0.5) is 14.9 Å². The highest BCUT2D eigenvalue weighted by atomic mass is 19.1. The lowest BCUT2D eigenvalue weighted by Gasteiger charge is -2.17. The Hall–Kier alpha value is -1.84. The lowest BCUT2D eigenvalue weighted by Crippen LogP contribution is -2.22. The number of ether oxygens (including phenoxy) is 1. The summed E-state index contributed by atoms with van der Waals surface area (Å²) in [5.74, 6) is -0.389. The molecule has 17 heavy (non-hydrogen) atoms. The summed E-state index contributed by atoms with van der Waals surface area (Å²) in [6.07, 6.45) is 6.06. The summed E-state index contributed by atoms with van der Waals surface area (Å²) in [5.41, 5.74) is 0.398. The first-order valence-electron chi connectivity index (χ1n) is 5.64. The molecule has 1 aromatic carbocycles. The van der Waals surface area contributed by atoms with Gasteiger partial charge in [-0.05, 0) is 43.5 Å². The summed E-state index contributed by atoms with van der Waals surface area (Å²) in [7, 11) is 0. The molecule has 0 heterocycles. The van der Waals surface area contributed by atoms with Crippen molar-refractivity contribution < 1.29 is 13.9 Å². The number of hydrogen-bond donors (Lipinski definition) is 1. The minimum absolute atomic E-state index is 0.169. The average molecular weight is 235 g/mol. The van der Waals surface area contributed by atoms with Gasteiger partial charge in [0.1, 0.15) is 11.9 Å². The molecule has 1 amide bonds. The Morgan fingerprint density at radius 2 is 2.35 bits per heavy atom. The number of rotatable bonds is 2. The van der Waals surface area contributed by atoms with Crippen molar-refractivity contribution in [3.63, 3.8) is 0 Å². The minimum Gasteiger partial charge on any atom is -0.442 e. The highest BCUT2D eigenvalue weighted by Crippen LogP contribution is 2.15. The lowest BCUT2D eigenvalue weighted by atomic mass is 10.1. The number of amides is 1. The van der Waals surface area contributed by atoms with E-state index < -0.39 is 6.09 Å². The second kappa shape index (κ2) is 5.48. The molecular weight excluding hydrogens is 221 g/mol. The molecule has 3 nitrogen and oxygen atoms in total. The number of carbonyl (C=O) groups excluding carboxylic acids is 1. The van der Waals surface area contributed by atoms with E-state index in [0.717, 1.165) is 19.3 Å². The van der Waals surface area contributed by atoms with Crippen LogP contribution >= 0.6 is 0 Å². The number of benzene rings is 1. The highest BCUT2D eigenvalue weighted by Gasteiger charge is 2.13. The molecule has 1 aliphatic carbocycles. The molecule has 0 radical (unpaired) electrons. The zero-order valence-corrected chi connectivity index (χ0v) is 9.36. The molecule has 2 rings (SSSR count). The summed E-state index contributed by atoms with van der Waals surface area (Å²) in [6.45, 7) is 0. The van der Waals surface area contributed by atoms with Gasteiger partial charge < -0.3 is 4.74 Å². The monoisotopic (exact) mass is 235 g/mol. The van der Waals surface area contributed by atoms with Crippen LogP contribution in [-0.4, -0.2) is 12.2 Å². The van der Waals surface area contributed by atoms with Gasteiger partial charge in [0, 0.05) is 5.69 Å². The standard InChI is InChI=1S/C13H14FNO2/c14-10-5-4-6-11(9-10)15-13(16)17-12-7-2-1-3-8-12/h2,4-7,9,12H,1,3,8H2,(H,15,16). The van der Waals surface area contributed by atoms with Crippen molar-refractivity contribution in [2.75, 3.05) is 5.32 Å². The predicted molar refractivity (Wildman–Crippen MR) is 63.3 cm³/mol. The van der Waals surface area contributed by atoms with Crippen LogP contribution in [0.1, 0.15) is 19.3 Å². The quantitative estimate of drug-likeness (QED) is 0.797. The topological polar surface area (TPSA) is 38.3 Å². The Morgan fingerprint density at radius 3 is 3.06 bits per heavy atom. The number of halogens is 1. The predicted octanol–water partition coefficient (Wildman–Crippen LogP) is 3.48. The molecule has 0 spiro atoms. The fourth-order valence-electron chi connectivity index (χ4n) is 1.73. The average Bonchev–Trinajstić information content (AvgIpc) is 2.30. The van der Waals surface area contributed by atoms with Crippen LogP contribution in [0.15, 0.2) is 36.4 Å². The SMILES string of the molecule is O=C(Nc1cccc(F)c1)OC1C=CCCC1. The Morgan fingerprint density at radius 1 is 1.47 bits per heavy atom. The van der Waals surface area contributed by atoms with Gasteiger partial charge in [-0.1, -0.05) is 12.1 Å². The third kappa shape index (κ3) is 3.59. The first-order chi connectivity index (χ1) is 8.24. The molecule has 0 saturated carbocycles. The zero-order chi connectivity index (χ0) is 12.1. The van der Waals surface area contributed by atoms with Crippen LogP contribution in [0, 0.1) is 5.82 Å². The van der Waals surface area contributed by atoms with Gasteiger partial charge in [0.2, 0.25) is 0 Å². The van der Waals surface area contributed by atoms with Gasteiger partial charge in [-0.3, -0.25) is 5.32 Å². The number of carbonyl (C=O) groups is 1. The number of hydrogen-bond acceptors (Lipinski definition) is 2. The molecule has 1 unspecified atom stereocenters. The minimum atomic E-state index is -0.549. The number of anilines is 1. The maximum absolute atomic E-state index is 12.9. The van der Waals surface area contributed by atoms with E-state index in [1.54, 1.807) is 6.07 Å². The van der Waals surface area contributed by atoms with Crippen molar-refractivity contribution in [2.45, 2.75) is 25.4 Å². The normalized spacial score (nSPS) is 18.8. The molecule has 1 aromatic rings. The number of nitrogens with one attached hydrogen (secondary N) is 1. The van der Waals surface area contributed by atoms with E-state index in [4.69, 9.17) is 4.74 Å². The summed E-state index contributed by atoms with van der Waals surface area (Å²) in [4.78, 5) is 11.5. The Bertz CT molecular complexity index is 431. The molecule has 0 aliphatic heterocycles. The maximum Gasteiger partial charge on any atom is 0.412 e. The van der Waals surface area contributed by atoms with Crippen molar-refractivity contribution in [1.82, 2.24) is 0 Å². The fraction of sp³-hybridized carbons (Fsp3) is 0.308. The third-order valence-electron chi connectivity index (χ3n) is 2.54. The summed E-state index contributed by atoms with van der Waals surface area (Å²) in [5, 5.41) is 2.49. The summed E-state index contributed by atoms with van der Waals surface area (Å²) in [6, 6.07) is 5.71. The molecule has 1 N–H and O–H groups in total. The van der Waals surface area contributed by atoms with E-state index in [9.17, 15) is 9.18 Å². The summed E-state index contributed by atoms with van der Waals surface area (Å²) < 4.78 is 18.0. The number of allylic oxidation sites excluding steroid dienone is 1. The van der Waals surface area contributed by atoms with Gasteiger partial charge in [-0.2, -0.15) is 0 Å². The van der Waals surface area contributed by atoms with Crippen molar-refractivity contribution >= 4 is 11.8 Å². The molecule has 1 aliphatic rings. The first-order valence-corrected chi connectivity index (χ1v) is 5.64. The smallest absolute Gasteiger partial charge is 0.412 e. The van der Waals surface area contributed by atoms with Crippen LogP contribution in [0.5, 0.6) is 0 Å².